The second-order valence-electron chi connectivity index (χ2n) is 8.23. The van der Waals surface area contributed by atoms with Crippen LogP contribution in [-0.2, 0) is 6.54 Å². The molecule has 4 N–H and O–H groups in total. The Kier molecular flexibility index (Phi) is 6.02. The van der Waals surface area contributed by atoms with Crippen LogP contribution in [-0.4, -0.2) is 55.1 Å². The van der Waals surface area contributed by atoms with Gasteiger partial charge in [0.05, 0.1) is 24.4 Å². The van der Waals surface area contributed by atoms with Crippen LogP contribution in [0.25, 0.3) is 22.6 Å². The lowest BCUT2D eigenvalue weighted by atomic mass is 10.2. The van der Waals surface area contributed by atoms with Crippen molar-refractivity contribution in [3.05, 3.63) is 30.4 Å². The van der Waals surface area contributed by atoms with Crippen molar-refractivity contribution in [3.63, 3.8) is 0 Å². The summed E-state index contributed by atoms with van der Waals surface area (Å²) in [6.45, 7) is 6.73. The van der Waals surface area contributed by atoms with E-state index in [-0.39, 0.29) is 25.2 Å². The van der Waals surface area contributed by atoms with Gasteiger partial charge < -0.3 is 34.6 Å². The molecular formula is C22H25N7O4S. The smallest absolute Gasteiger partial charge is 0.231 e. The molecule has 34 heavy (non-hydrogen) atoms. The summed E-state index contributed by atoms with van der Waals surface area (Å²) < 4.78 is 18.8. The van der Waals surface area contributed by atoms with Crippen molar-refractivity contribution >= 4 is 28.7 Å². The van der Waals surface area contributed by atoms with Crippen LogP contribution >= 0.6 is 11.8 Å². The molecule has 0 bridgehead atoms. The van der Waals surface area contributed by atoms with Crippen LogP contribution < -0.4 is 20.5 Å². The molecule has 0 amide bonds. The van der Waals surface area contributed by atoms with E-state index in [0.29, 0.717) is 46.0 Å². The molecule has 0 saturated heterocycles. The van der Waals surface area contributed by atoms with Crippen LogP contribution in [0.3, 0.4) is 0 Å². The maximum Gasteiger partial charge on any atom is 0.231 e. The lowest BCUT2D eigenvalue weighted by Gasteiger charge is -2.16. The normalized spacial score (nSPS) is 13.8. The van der Waals surface area contributed by atoms with Gasteiger partial charge in [-0.25, -0.2) is 19.9 Å². The lowest BCUT2D eigenvalue weighted by molar-refractivity contribution is 0.147. The van der Waals surface area contributed by atoms with Gasteiger partial charge in [-0.2, -0.15) is 0 Å². The van der Waals surface area contributed by atoms with Crippen molar-refractivity contribution in [2.24, 2.45) is 0 Å². The highest BCUT2D eigenvalue weighted by molar-refractivity contribution is 7.99. The number of aryl methyl sites for hydroxylation is 1. The molecule has 0 aliphatic carbocycles. The van der Waals surface area contributed by atoms with E-state index in [1.807, 2.05) is 37.5 Å². The second kappa shape index (κ2) is 9.12. The van der Waals surface area contributed by atoms with Crippen molar-refractivity contribution < 1.29 is 19.0 Å². The third-order valence-electron chi connectivity index (χ3n) is 5.21. The first-order valence-corrected chi connectivity index (χ1v) is 11.6. The fourth-order valence-electron chi connectivity index (χ4n) is 3.58. The van der Waals surface area contributed by atoms with Gasteiger partial charge in [-0.1, -0.05) is 25.6 Å². The van der Waals surface area contributed by atoms with Crippen LogP contribution in [0.15, 0.2) is 39.1 Å². The molecule has 4 aromatic rings. The zero-order valence-corrected chi connectivity index (χ0v) is 19.8. The second-order valence-corrected chi connectivity index (χ2v) is 9.24. The monoisotopic (exact) mass is 483 g/mol. The van der Waals surface area contributed by atoms with E-state index in [4.69, 9.17) is 24.6 Å². The third-order valence-corrected chi connectivity index (χ3v) is 6.26. The number of fused-ring (bicyclic) bond motifs is 2. The fraction of sp³-hybridized carbons (Fsp3) is 0.364. The number of oxazole rings is 1. The number of benzene rings is 1. The van der Waals surface area contributed by atoms with Gasteiger partial charge in [0.15, 0.2) is 33.6 Å². The number of aromatic nitrogens is 5. The number of nitrogens with one attached hydrogen (secondary N) is 1. The average molecular weight is 484 g/mol. The molecule has 0 radical (unpaired) electrons. The first kappa shape index (κ1) is 22.4. The summed E-state index contributed by atoms with van der Waals surface area (Å²) in [6, 6.07) is 3.97. The predicted molar refractivity (Wildman–Crippen MR) is 126 cm³/mol. The minimum Gasteiger partial charge on any atom is -0.454 e. The minimum absolute atomic E-state index is 0.146. The van der Waals surface area contributed by atoms with Crippen LogP contribution in [0, 0.1) is 6.92 Å². The highest BCUT2D eigenvalue weighted by atomic mass is 32.2. The number of hydrogen-bond acceptors (Lipinski definition) is 11. The van der Waals surface area contributed by atoms with E-state index in [1.165, 1.54) is 18.1 Å². The number of anilines is 1. The highest BCUT2D eigenvalue weighted by Gasteiger charge is 2.24. The quantitative estimate of drug-likeness (QED) is 0.340. The van der Waals surface area contributed by atoms with Crippen LogP contribution in [0.2, 0.25) is 0 Å². The van der Waals surface area contributed by atoms with Crippen molar-refractivity contribution in [2.75, 3.05) is 19.1 Å². The molecule has 12 heteroatoms. The van der Waals surface area contributed by atoms with Gasteiger partial charge >= 0.3 is 0 Å². The molecule has 5 rings (SSSR count). The van der Waals surface area contributed by atoms with Gasteiger partial charge in [-0.15, -0.1) is 0 Å². The molecule has 0 fully saturated rings. The van der Waals surface area contributed by atoms with E-state index >= 15 is 0 Å². The average Bonchev–Trinajstić information content (AvgIpc) is 3.52. The summed E-state index contributed by atoms with van der Waals surface area (Å²) in [6.07, 6.45) is 2.39. The number of ether oxygens (including phenoxy) is 2. The maximum absolute atomic E-state index is 10.7. The topological polar surface area (TPSA) is 146 Å². The van der Waals surface area contributed by atoms with Gasteiger partial charge in [0.1, 0.15) is 12.1 Å². The van der Waals surface area contributed by atoms with E-state index in [1.54, 1.807) is 6.20 Å². The molecule has 0 spiro atoms. The SMILES string of the molecule is Cc1cnc(-c2cc3c(cc2Sc2nc4c(N)ncnc4n2CC(O)CNC(C)C)OCO3)o1. The van der Waals surface area contributed by atoms with E-state index in [2.05, 4.69) is 20.3 Å². The van der Waals surface area contributed by atoms with E-state index in [9.17, 15) is 5.11 Å². The summed E-state index contributed by atoms with van der Waals surface area (Å²) in [5.74, 6) is 2.67. The van der Waals surface area contributed by atoms with Gasteiger partial charge in [-0.05, 0) is 19.1 Å². The number of nitrogens with two attached hydrogens (primary N) is 1. The molecule has 1 atom stereocenters. The van der Waals surface area contributed by atoms with Crippen LogP contribution in [0.1, 0.15) is 19.6 Å². The molecule has 3 aromatic heterocycles. The van der Waals surface area contributed by atoms with Crippen LogP contribution in [0.5, 0.6) is 11.5 Å². The number of aliphatic hydroxyl groups is 1. The molecule has 1 aliphatic heterocycles. The zero-order valence-electron chi connectivity index (χ0n) is 19.0. The van der Waals surface area contributed by atoms with Gasteiger partial charge in [0.2, 0.25) is 12.7 Å². The number of imidazole rings is 1. The first-order valence-electron chi connectivity index (χ1n) is 10.8. The lowest BCUT2D eigenvalue weighted by Crippen LogP contribution is -2.34. The molecule has 0 saturated carbocycles. The summed E-state index contributed by atoms with van der Waals surface area (Å²) in [4.78, 5) is 18.3. The molecular weight excluding hydrogens is 458 g/mol. The summed E-state index contributed by atoms with van der Waals surface area (Å²) in [5, 5.41) is 14.5. The molecule has 1 aromatic carbocycles. The number of nitrogens with zero attached hydrogens (tertiary/aromatic N) is 5. The fourth-order valence-corrected chi connectivity index (χ4v) is 4.60. The Hall–Kier alpha value is -3.35. The van der Waals surface area contributed by atoms with Crippen LogP contribution in [0.4, 0.5) is 5.82 Å². The number of hydrogen-bond donors (Lipinski definition) is 3. The van der Waals surface area contributed by atoms with Crippen molar-refractivity contribution in [1.29, 1.82) is 0 Å². The largest absolute Gasteiger partial charge is 0.454 e. The molecule has 178 valence electrons. The van der Waals surface area contributed by atoms with E-state index in [0.717, 1.165) is 10.5 Å². The van der Waals surface area contributed by atoms with Gasteiger partial charge in [-0.3, -0.25) is 0 Å². The Labute approximate surface area is 199 Å². The van der Waals surface area contributed by atoms with Crippen molar-refractivity contribution in [1.82, 2.24) is 29.8 Å². The molecule has 4 heterocycles. The highest BCUT2D eigenvalue weighted by Crippen LogP contribution is 2.44. The number of nitrogen functional groups attached to an aromatic ring is 1. The molecule has 1 aliphatic rings. The Balaban J connectivity index is 1.57. The number of rotatable bonds is 8. The summed E-state index contributed by atoms with van der Waals surface area (Å²) in [7, 11) is 0. The third kappa shape index (κ3) is 4.39. The van der Waals surface area contributed by atoms with E-state index < -0.39 is 6.10 Å². The zero-order chi connectivity index (χ0) is 23.8. The molecule has 11 nitrogen and oxygen atoms in total. The van der Waals surface area contributed by atoms with Crippen molar-refractivity contribution in [3.8, 4) is 23.0 Å². The molecule has 1 unspecified atom stereocenters. The first-order chi connectivity index (χ1) is 16.4. The predicted octanol–water partition coefficient (Wildman–Crippen LogP) is 2.61. The maximum atomic E-state index is 10.7. The van der Waals surface area contributed by atoms with Crippen molar-refractivity contribution in [2.45, 2.75) is 49.5 Å². The Morgan fingerprint density at radius 1 is 1.21 bits per heavy atom. The number of aliphatic hydroxyl groups excluding tert-OH is 1. The Morgan fingerprint density at radius 3 is 2.74 bits per heavy atom. The Morgan fingerprint density at radius 2 is 2.00 bits per heavy atom. The standard InChI is InChI=1S/C22H25N7O4S/c1-11(2)24-7-13(30)8-29-20-18(19(23)26-9-27-20)28-22(29)34-17-5-16-15(31-10-32-16)4-14(17)21-25-6-12(3)33-21/h4-6,9,11,13,24,30H,7-8,10H2,1-3H3,(H2,23,26,27). The summed E-state index contributed by atoms with van der Waals surface area (Å²) >= 11 is 1.37. The van der Waals surface area contributed by atoms with Gasteiger partial charge in [0, 0.05) is 17.5 Å². The Bertz CT molecular complexity index is 1340. The minimum atomic E-state index is -0.666. The summed E-state index contributed by atoms with van der Waals surface area (Å²) in [5.41, 5.74) is 7.85. The van der Waals surface area contributed by atoms with Gasteiger partial charge in [0.25, 0.3) is 0 Å².